The van der Waals surface area contributed by atoms with E-state index in [1.165, 1.54) is 12.3 Å². The lowest BCUT2D eigenvalue weighted by molar-refractivity contribution is -0.131. The van der Waals surface area contributed by atoms with Crippen LogP contribution in [0.5, 0.6) is 5.75 Å². The molecule has 2 N–H and O–H groups in total. The molecular weight excluding hydrogens is 354 g/mol. The van der Waals surface area contributed by atoms with Gasteiger partial charge in [-0.2, -0.15) is 5.10 Å². The number of aromatic nitrogens is 2. The fourth-order valence-corrected chi connectivity index (χ4v) is 2.94. The van der Waals surface area contributed by atoms with E-state index >= 15 is 0 Å². The first-order chi connectivity index (χ1) is 12.5. The number of aromatic amines is 1. The number of carbonyl (C=O) groups excluding carboxylic acids is 1. The minimum Gasteiger partial charge on any atom is -0.489 e. The molecule has 134 valence electrons. The summed E-state index contributed by atoms with van der Waals surface area (Å²) in [5, 5.41) is 9.28. The summed E-state index contributed by atoms with van der Waals surface area (Å²) in [6, 6.07) is 6.66. The Kier molecular flexibility index (Phi) is 5.83. The number of likely N-dealkylation sites (tertiary alicyclic amines) is 1. The van der Waals surface area contributed by atoms with Crippen LogP contribution in [0.3, 0.4) is 0 Å². The van der Waals surface area contributed by atoms with Crippen molar-refractivity contribution in [2.45, 2.75) is 18.9 Å². The molecule has 1 saturated heterocycles. The monoisotopic (exact) mass is 372 g/mol. The zero-order valence-corrected chi connectivity index (χ0v) is 14.8. The van der Waals surface area contributed by atoms with Crippen LogP contribution in [-0.2, 0) is 4.79 Å². The van der Waals surface area contributed by atoms with Gasteiger partial charge >= 0.3 is 0 Å². The molecule has 0 unspecified atom stereocenters. The number of piperidine rings is 1. The predicted octanol–water partition coefficient (Wildman–Crippen LogP) is 0.699. The van der Waals surface area contributed by atoms with Crippen LogP contribution in [0.2, 0.25) is 5.02 Å². The fraction of sp³-hybridized carbons (Fsp3) is 0.353. The van der Waals surface area contributed by atoms with Crippen LogP contribution < -0.4 is 21.1 Å². The van der Waals surface area contributed by atoms with Gasteiger partial charge in [0.05, 0.1) is 11.6 Å². The third kappa shape index (κ3) is 4.57. The second kappa shape index (κ2) is 8.27. The van der Waals surface area contributed by atoms with Gasteiger partial charge in [-0.1, -0.05) is 23.1 Å². The Balaban J connectivity index is 1.48. The molecule has 0 saturated carbocycles. The molecule has 9 heteroatoms. The number of anilines is 1. The van der Waals surface area contributed by atoms with E-state index in [2.05, 4.69) is 15.5 Å². The van der Waals surface area contributed by atoms with Crippen LogP contribution in [-0.4, -0.2) is 54.6 Å². The van der Waals surface area contributed by atoms with Crippen molar-refractivity contribution >= 4 is 36.5 Å². The molecule has 0 atom stereocenters. The highest BCUT2D eigenvalue weighted by Gasteiger charge is 2.24. The molecule has 7 nitrogen and oxygen atoms in total. The van der Waals surface area contributed by atoms with Crippen molar-refractivity contribution in [3.8, 4) is 5.75 Å². The highest BCUT2D eigenvalue weighted by molar-refractivity contribution is 6.35. The second-order valence-electron chi connectivity index (χ2n) is 6.04. The summed E-state index contributed by atoms with van der Waals surface area (Å²) < 4.78 is 5.92. The van der Waals surface area contributed by atoms with E-state index in [4.69, 9.17) is 24.2 Å². The largest absolute Gasteiger partial charge is 0.489 e. The number of halogens is 1. The van der Waals surface area contributed by atoms with E-state index in [0.29, 0.717) is 47.9 Å². The van der Waals surface area contributed by atoms with E-state index in [9.17, 15) is 9.59 Å². The Labute approximate surface area is 157 Å². The summed E-state index contributed by atoms with van der Waals surface area (Å²) in [7, 11) is 5.76. The zero-order valence-electron chi connectivity index (χ0n) is 14.1. The summed E-state index contributed by atoms with van der Waals surface area (Å²) in [6.45, 7) is 1.22. The lowest BCUT2D eigenvalue weighted by Crippen LogP contribution is -2.44. The highest BCUT2D eigenvalue weighted by atomic mass is 35.5. The molecule has 1 aromatic carbocycles. The standard InChI is InChI=1S/C17H18BClN4O3/c18-11-1-2-13(19)15(9-11)26-12-4-7-23(8-5-12)16(24)10-20-14-3-6-21-22-17(14)25/h1-3,6,9,12H,4-5,7-8,10H2,(H,20,21)(H,22,25). The molecule has 2 heterocycles. The Hall–Kier alpha value is -2.48. The van der Waals surface area contributed by atoms with Gasteiger partial charge in [-0.3, -0.25) is 9.59 Å². The van der Waals surface area contributed by atoms with Gasteiger partial charge in [0.1, 0.15) is 25.4 Å². The lowest BCUT2D eigenvalue weighted by atomic mass is 9.96. The molecule has 3 rings (SSSR count). The van der Waals surface area contributed by atoms with Crippen molar-refractivity contribution in [1.29, 1.82) is 0 Å². The molecule has 1 amide bonds. The van der Waals surface area contributed by atoms with Crippen LogP contribution in [0.15, 0.2) is 35.3 Å². The van der Waals surface area contributed by atoms with Gasteiger partial charge in [0.15, 0.2) is 0 Å². The minimum absolute atomic E-state index is 0.0191. The molecule has 2 aromatic rings. The molecule has 0 aliphatic carbocycles. The van der Waals surface area contributed by atoms with Crippen LogP contribution >= 0.6 is 11.6 Å². The maximum atomic E-state index is 12.3. The molecule has 1 fully saturated rings. The number of rotatable bonds is 5. The first kappa shape index (κ1) is 18.3. The van der Waals surface area contributed by atoms with Gasteiger partial charge in [0.2, 0.25) is 5.91 Å². The van der Waals surface area contributed by atoms with Crippen molar-refractivity contribution < 1.29 is 9.53 Å². The van der Waals surface area contributed by atoms with Gasteiger partial charge in [-0.05, 0) is 18.2 Å². The van der Waals surface area contributed by atoms with Crippen molar-refractivity contribution in [2.75, 3.05) is 25.0 Å². The average molecular weight is 373 g/mol. The zero-order chi connectivity index (χ0) is 18.5. The number of benzene rings is 1. The molecule has 2 radical (unpaired) electrons. The van der Waals surface area contributed by atoms with Gasteiger partial charge in [0, 0.05) is 32.1 Å². The molecule has 1 aromatic heterocycles. The maximum absolute atomic E-state index is 12.3. The number of ether oxygens (including phenoxy) is 1. The predicted molar refractivity (Wildman–Crippen MR) is 100 cm³/mol. The number of hydrogen-bond acceptors (Lipinski definition) is 5. The number of carbonyl (C=O) groups is 1. The van der Waals surface area contributed by atoms with Crippen LogP contribution in [0.4, 0.5) is 5.69 Å². The molecule has 1 aliphatic heterocycles. The maximum Gasteiger partial charge on any atom is 0.287 e. The van der Waals surface area contributed by atoms with E-state index in [0.717, 1.165) is 0 Å². The normalized spacial score (nSPS) is 14.9. The van der Waals surface area contributed by atoms with Crippen molar-refractivity contribution in [3.63, 3.8) is 0 Å². The van der Waals surface area contributed by atoms with E-state index < -0.39 is 0 Å². The third-order valence-corrected chi connectivity index (χ3v) is 4.51. The summed E-state index contributed by atoms with van der Waals surface area (Å²) in [4.78, 5) is 25.6. The van der Waals surface area contributed by atoms with Crippen molar-refractivity contribution in [2.24, 2.45) is 0 Å². The fourth-order valence-electron chi connectivity index (χ4n) is 2.78. The SMILES string of the molecule is [B]c1ccc(Cl)c(OC2CCN(C(=O)CNc3ccn[nH]c3=O)CC2)c1. The van der Waals surface area contributed by atoms with Crippen LogP contribution in [0.1, 0.15) is 12.8 Å². The van der Waals surface area contributed by atoms with E-state index in [1.54, 1.807) is 23.1 Å². The van der Waals surface area contributed by atoms with Crippen molar-refractivity contribution in [1.82, 2.24) is 15.1 Å². The molecule has 26 heavy (non-hydrogen) atoms. The summed E-state index contributed by atoms with van der Waals surface area (Å²) in [5.41, 5.74) is 0.559. The quantitative estimate of drug-likeness (QED) is 0.755. The topological polar surface area (TPSA) is 87.3 Å². The van der Waals surface area contributed by atoms with Gasteiger partial charge in [0.25, 0.3) is 5.56 Å². The Morgan fingerprint density at radius 1 is 1.38 bits per heavy atom. The molecule has 0 bridgehead atoms. The number of H-pyrrole nitrogens is 1. The summed E-state index contributed by atoms with van der Waals surface area (Å²) in [5.74, 6) is 0.497. The Morgan fingerprint density at radius 3 is 2.88 bits per heavy atom. The molecule has 0 spiro atoms. The second-order valence-corrected chi connectivity index (χ2v) is 6.45. The van der Waals surface area contributed by atoms with Gasteiger partial charge < -0.3 is 15.0 Å². The smallest absolute Gasteiger partial charge is 0.287 e. The first-order valence-electron chi connectivity index (χ1n) is 8.30. The lowest BCUT2D eigenvalue weighted by Gasteiger charge is -2.32. The number of hydrogen-bond donors (Lipinski definition) is 2. The highest BCUT2D eigenvalue weighted by Crippen LogP contribution is 2.26. The Morgan fingerprint density at radius 2 is 2.15 bits per heavy atom. The minimum atomic E-state index is -0.355. The molecular formula is C17H18BClN4O3. The van der Waals surface area contributed by atoms with E-state index in [-0.39, 0.29) is 24.1 Å². The van der Waals surface area contributed by atoms with Gasteiger partial charge in [-0.25, -0.2) is 5.10 Å². The van der Waals surface area contributed by atoms with Crippen LogP contribution in [0.25, 0.3) is 0 Å². The number of nitrogens with one attached hydrogen (secondary N) is 2. The molecule has 1 aliphatic rings. The summed E-state index contributed by atoms with van der Waals surface area (Å²) >= 11 is 6.12. The average Bonchev–Trinajstić information content (AvgIpc) is 2.64. The first-order valence-corrected chi connectivity index (χ1v) is 8.68. The number of nitrogens with zero attached hydrogens (tertiary/aromatic N) is 2. The summed E-state index contributed by atoms with van der Waals surface area (Å²) in [6.07, 6.45) is 2.84. The Bertz CT molecular complexity index is 837. The van der Waals surface area contributed by atoms with E-state index in [1.807, 2.05) is 0 Å². The van der Waals surface area contributed by atoms with Gasteiger partial charge in [-0.15, -0.1) is 0 Å². The van der Waals surface area contributed by atoms with Crippen LogP contribution in [0, 0.1) is 0 Å². The van der Waals surface area contributed by atoms with Crippen molar-refractivity contribution in [3.05, 3.63) is 45.8 Å². The third-order valence-electron chi connectivity index (χ3n) is 4.20. The number of amides is 1.